The minimum absolute atomic E-state index is 0.0275. The van der Waals surface area contributed by atoms with Crippen LogP contribution < -0.4 is 21.3 Å². The fourth-order valence-corrected chi connectivity index (χ4v) is 4.09. The molecule has 2 heterocycles. The van der Waals surface area contributed by atoms with Gasteiger partial charge in [-0.3, -0.25) is 18.7 Å². The fraction of sp³-hybridized carbons (Fsp3) is 0.148. The summed E-state index contributed by atoms with van der Waals surface area (Å²) in [6.45, 7) is -0.947. The molecule has 204 valence electrons. The van der Waals surface area contributed by atoms with E-state index in [4.69, 9.17) is 9.26 Å². The second-order valence-electron chi connectivity index (χ2n) is 8.64. The van der Waals surface area contributed by atoms with Gasteiger partial charge in [-0.15, -0.1) is 0 Å². The minimum atomic E-state index is -4.59. The van der Waals surface area contributed by atoms with E-state index >= 15 is 0 Å². The van der Waals surface area contributed by atoms with E-state index in [9.17, 15) is 27.6 Å². The van der Waals surface area contributed by atoms with Crippen molar-refractivity contribution in [3.8, 4) is 17.1 Å². The number of methoxy groups -OCH3 is 1. The molecule has 3 aromatic carbocycles. The second-order valence-corrected chi connectivity index (χ2v) is 8.64. The maximum Gasteiger partial charge on any atom is 0.416 e. The molecule has 0 spiro atoms. The molecule has 0 aliphatic heterocycles. The number of alkyl halides is 3. The van der Waals surface area contributed by atoms with Crippen molar-refractivity contribution in [2.24, 2.45) is 0 Å². The van der Waals surface area contributed by atoms with Gasteiger partial charge < -0.3 is 14.6 Å². The number of hydrogen-bond donors (Lipinski definition) is 1. The maximum absolute atomic E-state index is 13.4. The van der Waals surface area contributed by atoms with Crippen molar-refractivity contribution in [2.45, 2.75) is 19.3 Å². The first-order valence-electron chi connectivity index (χ1n) is 11.8. The topological polar surface area (TPSA) is 121 Å². The van der Waals surface area contributed by atoms with Gasteiger partial charge in [-0.05, 0) is 54.6 Å². The Morgan fingerprint density at radius 1 is 1.00 bits per heavy atom. The molecule has 1 N–H and O–H groups in total. The molecular formula is C27H20F3N5O5. The number of nitrogens with one attached hydrogen (secondary N) is 1. The van der Waals surface area contributed by atoms with E-state index < -0.39 is 35.4 Å². The number of carbonyl (C=O) groups excluding carboxylic acids is 1. The van der Waals surface area contributed by atoms with Crippen LogP contribution in [0.1, 0.15) is 11.5 Å². The van der Waals surface area contributed by atoms with Gasteiger partial charge in [0.15, 0.2) is 0 Å². The maximum atomic E-state index is 13.4. The van der Waals surface area contributed by atoms with Crippen molar-refractivity contribution in [3.63, 3.8) is 0 Å². The third kappa shape index (κ3) is 5.34. The van der Waals surface area contributed by atoms with Crippen LogP contribution in [0.3, 0.4) is 0 Å². The zero-order valence-electron chi connectivity index (χ0n) is 20.8. The third-order valence-electron chi connectivity index (χ3n) is 6.02. The average molecular weight is 551 g/mol. The predicted octanol–water partition coefficient (Wildman–Crippen LogP) is 3.93. The molecule has 0 radical (unpaired) electrons. The van der Waals surface area contributed by atoms with Crippen LogP contribution in [0.5, 0.6) is 5.75 Å². The summed E-state index contributed by atoms with van der Waals surface area (Å²) < 4.78 is 51.5. The molecule has 5 rings (SSSR count). The number of para-hydroxylation sites is 1. The van der Waals surface area contributed by atoms with Gasteiger partial charge in [-0.1, -0.05) is 23.4 Å². The number of halogens is 3. The van der Waals surface area contributed by atoms with Crippen LogP contribution in [0.4, 0.5) is 18.9 Å². The first-order chi connectivity index (χ1) is 19.1. The Balaban J connectivity index is 1.46. The van der Waals surface area contributed by atoms with Crippen LogP contribution in [-0.4, -0.2) is 32.3 Å². The van der Waals surface area contributed by atoms with Crippen molar-refractivity contribution in [1.29, 1.82) is 0 Å². The Kier molecular flexibility index (Phi) is 6.94. The first kappa shape index (κ1) is 26.4. The number of anilines is 1. The molecule has 5 aromatic rings. The molecule has 0 bridgehead atoms. The Morgan fingerprint density at radius 3 is 2.48 bits per heavy atom. The lowest BCUT2D eigenvalue weighted by Crippen LogP contribution is -2.42. The van der Waals surface area contributed by atoms with Crippen molar-refractivity contribution >= 4 is 22.5 Å². The number of nitrogens with zero attached hydrogens (tertiary/aromatic N) is 4. The molecule has 0 aliphatic rings. The summed E-state index contributed by atoms with van der Waals surface area (Å²) >= 11 is 0. The minimum Gasteiger partial charge on any atom is -0.497 e. The summed E-state index contributed by atoms with van der Waals surface area (Å²) in [5.74, 6) is 0.0664. The first-order valence-corrected chi connectivity index (χ1v) is 11.8. The number of fused-ring (bicyclic) bond motifs is 1. The van der Waals surface area contributed by atoms with Crippen molar-refractivity contribution < 1.29 is 27.2 Å². The molecule has 0 saturated carbocycles. The zero-order valence-corrected chi connectivity index (χ0v) is 20.8. The highest BCUT2D eigenvalue weighted by molar-refractivity contribution is 5.91. The summed E-state index contributed by atoms with van der Waals surface area (Å²) in [5.41, 5.74) is -1.72. The lowest BCUT2D eigenvalue weighted by atomic mass is 10.2. The summed E-state index contributed by atoms with van der Waals surface area (Å²) in [6, 6.07) is 17.1. The van der Waals surface area contributed by atoms with E-state index in [1.807, 2.05) is 0 Å². The number of hydrogen-bond acceptors (Lipinski definition) is 7. The number of amides is 1. The molecule has 0 atom stereocenters. The Hall–Kier alpha value is -5.20. The standard InChI is InChI=1S/C27H20F3N5O5/c1-39-19-11-9-16(10-12-19)24-32-23(40-33-24)15-35-25(37)20-7-2-3-8-21(20)34(26(35)38)14-22(36)31-18-6-4-5-17(13-18)27(28,29)30/h2-13H,14-15H2,1H3,(H,31,36). The average Bonchev–Trinajstić information content (AvgIpc) is 3.42. The normalized spacial score (nSPS) is 11.5. The van der Waals surface area contributed by atoms with E-state index in [0.717, 1.165) is 27.3 Å². The predicted molar refractivity (Wildman–Crippen MR) is 138 cm³/mol. The summed E-state index contributed by atoms with van der Waals surface area (Å²) in [5, 5.41) is 6.42. The van der Waals surface area contributed by atoms with Crippen molar-refractivity contribution in [1.82, 2.24) is 19.3 Å². The number of carbonyl (C=O) groups is 1. The molecule has 13 heteroatoms. The van der Waals surface area contributed by atoms with Gasteiger partial charge in [-0.2, -0.15) is 18.2 Å². The SMILES string of the molecule is COc1ccc(-c2noc(Cn3c(=O)c4ccccc4n(CC(=O)Nc4cccc(C(F)(F)F)c4)c3=O)n2)cc1. The summed E-state index contributed by atoms with van der Waals surface area (Å²) in [7, 11) is 1.53. The van der Waals surface area contributed by atoms with Crippen LogP contribution in [0, 0.1) is 0 Å². The van der Waals surface area contributed by atoms with Crippen LogP contribution in [-0.2, 0) is 24.1 Å². The molecule has 0 saturated heterocycles. The largest absolute Gasteiger partial charge is 0.497 e. The Morgan fingerprint density at radius 2 is 1.75 bits per heavy atom. The number of rotatable bonds is 7. The second kappa shape index (κ2) is 10.5. The van der Waals surface area contributed by atoms with Gasteiger partial charge in [0.2, 0.25) is 17.6 Å². The van der Waals surface area contributed by atoms with Gasteiger partial charge in [0.1, 0.15) is 18.8 Å². The molecule has 0 unspecified atom stereocenters. The lowest BCUT2D eigenvalue weighted by molar-refractivity contribution is -0.137. The highest BCUT2D eigenvalue weighted by Gasteiger charge is 2.30. The monoisotopic (exact) mass is 551 g/mol. The van der Waals surface area contributed by atoms with Crippen LogP contribution >= 0.6 is 0 Å². The van der Waals surface area contributed by atoms with E-state index in [0.29, 0.717) is 11.3 Å². The quantitative estimate of drug-likeness (QED) is 0.325. The van der Waals surface area contributed by atoms with Crippen LogP contribution in [0.25, 0.3) is 22.3 Å². The van der Waals surface area contributed by atoms with Gasteiger partial charge in [0, 0.05) is 11.3 Å². The Bertz CT molecular complexity index is 1820. The smallest absolute Gasteiger partial charge is 0.416 e. The molecule has 2 aromatic heterocycles. The van der Waals surface area contributed by atoms with Crippen LogP contribution in [0.2, 0.25) is 0 Å². The number of ether oxygens (including phenoxy) is 1. The third-order valence-corrected chi connectivity index (χ3v) is 6.02. The van der Waals surface area contributed by atoms with Gasteiger partial charge in [0.25, 0.3) is 5.56 Å². The van der Waals surface area contributed by atoms with Gasteiger partial charge in [-0.25, -0.2) is 4.79 Å². The van der Waals surface area contributed by atoms with E-state index in [2.05, 4.69) is 15.5 Å². The fourth-order valence-electron chi connectivity index (χ4n) is 4.09. The Labute approximate surface area is 223 Å². The highest BCUT2D eigenvalue weighted by atomic mass is 19.4. The number of aromatic nitrogens is 4. The van der Waals surface area contributed by atoms with Crippen LogP contribution in [0.15, 0.2) is 86.9 Å². The summed E-state index contributed by atoms with van der Waals surface area (Å²) in [6.07, 6.45) is -4.59. The molecule has 10 nitrogen and oxygen atoms in total. The molecular weight excluding hydrogens is 531 g/mol. The van der Waals surface area contributed by atoms with Crippen molar-refractivity contribution in [3.05, 3.63) is 105 Å². The van der Waals surface area contributed by atoms with E-state index in [-0.39, 0.29) is 34.9 Å². The molecule has 0 fully saturated rings. The van der Waals surface area contributed by atoms with Crippen molar-refractivity contribution in [2.75, 3.05) is 12.4 Å². The molecule has 1 amide bonds. The number of benzene rings is 3. The lowest BCUT2D eigenvalue weighted by Gasteiger charge is -2.14. The zero-order chi connectivity index (χ0) is 28.4. The van der Waals surface area contributed by atoms with Gasteiger partial charge in [0.05, 0.1) is 23.6 Å². The van der Waals surface area contributed by atoms with E-state index in [1.54, 1.807) is 36.4 Å². The summed E-state index contributed by atoms with van der Waals surface area (Å²) in [4.78, 5) is 43.7. The van der Waals surface area contributed by atoms with E-state index in [1.165, 1.54) is 25.3 Å². The molecule has 40 heavy (non-hydrogen) atoms. The molecule has 0 aliphatic carbocycles. The van der Waals surface area contributed by atoms with Gasteiger partial charge >= 0.3 is 11.9 Å². The highest BCUT2D eigenvalue weighted by Crippen LogP contribution is 2.30.